The van der Waals surface area contributed by atoms with Gasteiger partial charge in [0.25, 0.3) is 5.56 Å². The van der Waals surface area contributed by atoms with Crippen LogP contribution in [-0.4, -0.2) is 68.8 Å². The number of aliphatic hydroxyl groups excluding tert-OH is 1. The van der Waals surface area contributed by atoms with Crippen LogP contribution in [0.15, 0.2) is 52.2 Å². The minimum absolute atomic E-state index is 0.0704. The van der Waals surface area contributed by atoms with Crippen LogP contribution < -0.4 is 20.9 Å². The van der Waals surface area contributed by atoms with E-state index in [1.807, 2.05) is 4.98 Å². The van der Waals surface area contributed by atoms with Gasteiger partial charge in [-0.2, -0.15) is 5.09 Å². The number of aromatic amines is 1. The Bertz CT molecular complexity index is 1320. The SMILES string of the molecule is C[C@H](NP(=O)(OC[C@H]1O[C@@H](n2ccc(=O)[nH]c2=O)[C@](C)(F)[C@@H]1O)Oc1ccccc1)C(=O)OCCCC(=O)O. The first kappa shape index (κ1) is 30.2. The number of aromatic nitrogens is 2. The fourth-order valence-electron chi connectivity index (χ4n) is 3.66. The summed E-state index contributed by atoms with van der Waals surface area (Å²) in [6, 6.07) is 7.50. The Morgan fingerprint density at radius 3 is 2.62 bits per heavy atom. The quantitative estimate of drug-likeness (QED) is 0.152. The zero-order chi connectivity index (χ0) is 28.8. The van der Waals surface area contributed by atoms with Crippen molar-refractivity contribution < 1.29 is 47.3 Å². The molecule has 6 atom stereocenters. The van der Waals surface area contributed by atoms with Gasteiger partial charge in [0, 0.05) is 18.7 Å². The lowest BCUT2D eigenvalue weighted by Crippen LogP contribution is -2.43. The number of H-pyrrole nitrogens is 1. The second-order valence-electron chi connectivity index (χ2n) is 8.85. The number of nitrogens with one attached hydrogen (secondary N) is 2. The van der Waals surface area contributed by atoms with Crippen LogP contribution in [0, 0.1) is 0 Å². The highest BCUT2D eigenvalue weighted by atomic mass is 31.2. The van der Waals surface area contributed by atoms with Crippen molar-refractivity contribution in [3.05, 3.63) is 63.4 Å². The number of carbonyl (C=O) groups excluding carboxylic acids is 1. The largest absolute Gasteiger partial charge is 0.481 e. The van der Waals surface area contributed by atoms with Gasteiger partial charge in [0.15, 0.2) is 11.9 Å². The number of alkyl halides is 1. The Morgan fingerprint density at radius 2 is 1.97 bits per heavy atom. The Balaban J connectivity index is 1.73. The molecule has 0 bridgehead atoms. The van der Waals surface area contributed by atoms with E-state index >= 15 is 4.39 Å². The Kier molecular flexibility index (Phi) is 9.80. The highest BCUT2D eigenvalue weighted by molar-refractivity contribution is 7.52. The highest BCUT2D eigenvalue weighted by Gasteiger charge is 2.55. The third-order valence-electron chi connectivity index (χ3n) is 5.68. The van der Waals surface area contributed by atoms with Crippen LogP contribution in [-0.2, 0) is 28.2 Å². The van der Waals surface area contributed by atoms with E-state index in [4.69, 9.17) is 23.6 Å². The molecular weight excluding hydrogens is 544 g/mol. The number of benzene rings is 1. The molecule has 1 aliphatic heterocycles. The average Bonchev–Trinajstić information content (AvgIpc) is 3.09. The van der Waals surface area contributed by atoms with Crippen molar-refractivity contribution in [2.75, 3.05) is 13.2 Å². The van der Waals surface area contributed by atoms with E-state index in [0.717, 1.165) is 23.8 Å². The number of carboxylic acid groups (broad SMARTS) is 1. The topological polar surface area (TPSA) is 195 Å². The smallest absolute Gasteiger partial charge is 0.459 e. The number of carboxylic acids is 1. The summed E-state index contributed by atoms with van der Waals surface area (Å²) in [4.78, 5) is 48.4. The number of hydrogen-bond acceptors (Lipinski definition) is 10. The van der Waals surface area contributed by atoms with Gasteiger partial charge in [0.05, 0.1) is 13.2 Å². The van der Waals surface area contributed by atoms with Crippen LogP contribution in [0.2, 0.25) is 0 Å². The van der Waals surface area contributed by atoms with Crippen LogP contribution in [0.1, 0.15) is 32.9 Å². The van der Waals surface area contributed by atoms with Gasteiger partial charge in [0.2, 0.25) is 0 Å². The van der Waals surface area contributed by atoms with Gasteiger partial charge in [-0.05, 0) is 32.4 Å². The number of rotatable bonds is 13. The first-order valence-corrected chi connectivity index (χ1v) is 13.4. The molecule has 2 heterocycles. The minimum Gasteiger partial charge on any atom is -0.481 e. The summed E-state index contributed by atoms with van der Waals surface area (Å²) >= 11 is 0. The van der Waals surface area contributed by atoms with Crippen LogP contribution >= 0.6 is 7.75 Å². The molecule has 3 rings (SSSR count). The zero-order valence-corrected chi connectivity index (χ0v) is 21.9. The Hall–Kier alpha value is -3.36. The van der Waals surface area contributed by atoms with Crippen molar-refractivity contribution in [2.45, 2.75) is 56.8 Å². The number of aliphatic hydroxyl groups is 1. The summed E-state index contributed by atoms with van der Waals surface area (Å²) in [6.45, 7) is 1.40. The van der Waals surface area contributed by atoms with Gasteiger partial charge in [-0.3, -0.25) is 28.5 Å². The molecule has 0 aliphatic carbocycles. The molecule has 2 aromatic rings. The van der Waals surface area contributed by atoms with E-state index in [1.165, 1.54) is 19.1 Å². The number of halogens is 1. The molecule has 39 heavy (non-hydrogen) atoms. The molecule has 0 radical (unpaired) electrons. The van der Waals surface area contributed by atoms with Crippen molar-refractivity contribution in [3.8, 4) is 5.75 Å². The van der Waals surface area contributed by atoms with E-state index in [-0.39, 0.29) is 25.2 Å². The van der Waals surface area contributed by atoms with Crippen molar-refractivity contribution >= 4 is 19.7 Å². The fourth-order valence-corrected chi connectivity index (χ4v) is 5.16. The van der Waals surface area contributed by atoms with Gasteiger partial charge in [-0.15, -0.1) is 0 Å². The molecular formula is C23H29FN3O11P. The normalized spacial score (nSPS) is 25.0. The van der Waals surface area contributed by atoms with Crippen molar-refractivity contribution in [1.29, 1.82) is 0 Å². The average molecular weight is 573 g/mol. The lowest BCUT2D eigenvalue weighted by molar-refractivity contribution is -0.146. The van der Waals surface area contributed by atoms with Crippen molar-refractivity contribution in [1.82, 2.24) is 14.6 Å². The lowest BCUT2D eigenvalue weighted by atomic mass is 9.98. The van der Waals surface area contributed by atoms with E-state index in [0.29, 0.717) is 0 Å². The summed E-state index contributed by atoms with van der Waals surface area (Å²) < 4.78 is 51.3. The monoisotopic (exact) mass is 573 g/mol. The fraction of sp³-hybridized carbons (Fsp3) is 0.478. The molecule has 16 heteroatoms. The van der Waals surface area contributed by atoms with Gasteiger partial charge in [0.1, 0.15) is 24.0 Å². The molecule has 214 valence electrons. The molecule has 1 fully saturated rings. The molecule has 1 saturated heterocycles. The third-order valence-corrected chi connectivity index (χ3v) is 7.33. The van der Waals surface area contributed by atoms with Crippen molar-refractivity contribution in [2.24, 2.45) is 0 Å². The minimum atomic E-state index is -4.41. The maximum Gasteiger partial charge on any atom is 0.459 e. The molecule has 1 aromatic heterocycles. The molecule has 1 aliphatic rings. The maximum absolute atomic E-state index is 15.5. The summed E-state index contributed by atoms with van der Waals surface area (Å²) in [5.41, 5.74) is -4.21. The van der Waals surface area contributed by atoms with E-state index < -0.39 is 67.7 Å². The van der Waals surface area contributed by atoms with E-state index in [1.54, 1.807) is 18.2 Å². The van der Waals surface area contributed by atoms with Gasteiger partial charge >= 0.3 is 25.4 Å². The molecule has 0 amide bonds. The third kappa shape index (κ3) is 7.83. The number of ether oxygens (including phenoxy) is 2. The van der Waals surface area contributed by atoms with Crippen LogP contribution in [0.3, 0.4) is 0 Å². The maximum atomic E-state index is 15.5. The van der Waals surface area contributed by atoms with E-state index in [9.17, 15) is 28.8 Å². The summed E-state index contributed by atoms with van der Waals surface area (Å²) in [6.07, 6.45) is -4.10. The molecule has 0 spiro atoms. The predicted octanol–water partition coefficient (Wildman–Crippen LogP) is 1.11. The van der Waals surface area contributed by atoms with E-state index in [2.05, 4.69) is 5.09 Å². The second-order valence-corrected chi connectivity index (χ2v) is 10.5. The molecule has 1 unspecified atom stereocenters. The number of nitrogens with zero attached hydrogens (tertiary/aromatic N) is 1. The number of aliphatic carboxylic acids is 1. The first-order valence-electron chi connectivity index (χ1n) is 11.8. The summed E-state index contributed by atoms with van der Waals surface area (Å²) in [5.74, 6) is -1.83. The summed E-state index contributed by atoms with van der Waals surface area (Å²) in [5, 5.41) is 21.7. The number of para-hydroxylation sites is 1. The van der Waals surface area contributed by atoms with Gasteiger partial charge in [-0.1, -0.05) is 18.2 Å². The molecule has 0 saturated carbocycles. The highest BCUT2D eigenvalue weighted by Crippen LogP contribution is 2.47. The number of carbonyl (C=O) groups is 2. The van der Waals surface area contributed by atoms with Crippen molar-refractivity contribution in [3.63, 3.8) is 0 Å². The second kappa shape index (κ2) is 12.7. The molecule has 1 aromatic carbocycles. The van der Waals surface area contributed by atoms with Crippen LogP contribution in [0.4, 0.5) is 4.39 Å². The Morgan fingerprint density at radius 1 is 1.28 bits per heavy atom. The standard InChI is InChI=1S/C23H29FN3O11P/c1-14(20(32)35-12-6-9-18(29)30)26-39(34,38-15-7-4-3-5-8-15)36-13-16-19(31)23(2,24)21(37-16)27-11-10-17(28)25-22(27)33/h3-5,7-8,10-11,14,16,19,21,31H,6,9,12-13H2,1-2H3,(H,26,34)(H,29,30)(H,25,28,33)/t14-,16+,19+,21+,23+,39?/m0/s1. The first-order chi connectivity index (χ1) is 18.3. The van der Waals surface area contributed by atoms with Crippen LogP contribution in [0.5, 0.6) is 5.75 Å². The predicted molar refractivity (Wildman–Crippen MR) is 132 cm³/mol. The van der Waals surface area contributed by atoms with Crippen LogP contribution in [0.25, 0.3) is 0 Å². The molecule has 14 nitrogen and oxygen atoms in total. The molecule has 4 N–H and O–H groups in total. The number of hydrogen-bond donors (Lipinski definition) is 4. The van der Waals surface area contributed by atoms with Gasteiger partial charge in [-0.25, -0.2) is 13.8 Å². The lowest BCUT2D eigenvalue weighted by Gasteiger charge is -2.25. The Labute approximate surface area is 221 Å². The zero-order valence-electron chi connectivity index (χ0n) is 21.0. The summed E-state index contributed by atoms with van der Waals surface area (Å²) in [7, 11) is -4.41. The number of esters is 1. The van der Waals surface area contributed by atoms with Gasteiger partial charge < -0.3 is 24.2 Å².